The van der Waals surface area contributed by atoms with Gasteiger partial charge in [-0.3, -0.25) is 0 Å². The Labute approximate surface area is 153 Å². The van der Waals surface area contributed by atoms with Gasteiger partial charge in [-0.05, 0) is 43.7 Å². The Hall–Kier alpha value is -2.47. The fourth-order valence-corrected chi connectivity index (χ4v) is 3.84. The molecule has 1 aromatic carbocycles. The SMILES string of the molecule is OC1CCCCC1CCCNc1ncnc2c1cnn2-c1ccccc1. The van der Waals surface area contributed by atoms with Gasteiger partial charge in [-0.15, -0.1) is 0 Å². The van der Waals surface area contributed by atoms with E-state index in [0.717, 1.165) is 54.8 Å². The number of hydrogen-bond acceptors (Lipinski definition) is 5. The van der Waals surface area contributed by atoms with Gasteiger partial charge in [0, 0.05) is 6.54 Å². The summed E-state index contributed by atoms with van der Waals surface area (Å²) in [7, 11) is 0. The molecule has 0 bridgehead atoms. The fourth-order valence-electron chi connectivity index (χ4n) is 3.84. The van der Waals surface area contributed by atoms with Crippen LogP contribution in [-0.2, 0) is 0 Å². The molecule has 26 heavy (non-hydrogen) atoms. The average molecular weight is 351 g/mol. The van der Waals surface area contributed by atoms with E-state index in [1.165, 1.54) is 12.8 Å². The maximum absolute atomic E-state index is 10.1. The van der Waals surface area contributed by atoms with E-state index >= 15 is 0 Å². The molecule has 0 aliphatic heterocycles. The third kappa shape index (κ3) is 3.55. The van der Waals surface area contributed by atoms with Gasteiger partial charge in [-0.25, -0.2) is 14.6 Å². The molecular formula is C20H25N5O. The highest BCUT2D eigenvalue weighted by atomic mass is 16.3. The topological polar surface area (TPSA) is 75.9 Å². The van der Waals surface area contributed by atoms with Crippen molar-refractivity contribution in [1.29, 1.82) is 0 Å². The Kier molecular flexibility index (Phi) is 5.11. The zero-order valence-electron chi connectivity index (χ0n) is 14.9. The van der Waals surface area contributed by atoms with Crippen molar-refractivity contribution in [2.75, 3.05) is 11.9 Å². The number of hydrogen-bond donors (Lipinski definition) is 2. The van der Waals surface area contributed by atoms with Gasteiger partial charge in [0.05, 0.1) is 23.4 Å². The van der Waals surface area contributed by atoms with Crippen molar-refractivity contribution in [2.24, 2.45) is 5.92 Å². The number of rotatable bonds is 6. The molecule has 6 nitrogen and oxygen atoms in total. The van der Waals surface area contributed by atoms with Crippen molar-refractivity contribution in [3.05, 3.63) is 42.9 Å². The number of fused-ring (bicyclic) bond motifs is 1. The molecule has 1 aliphatic rings. The first-order chi connectivity index (χ1) is 12.8. The van der Waals surface area contributed by atoms with Crippen molar-refractivity contribution in [1.82, 2.24) is 19.7 Å². The van der Waals surface area contributed by atoms with Crippen molar-refractivity contribution in [3.8, 4) is 5.69 Å². The molecule has 4 rings (SSSR count). The molecule has 1 fully saturated rings. The van der Waals surface area contributed by atoms with Crippen LogP contribution < -0.4 is 5.32 Å². The van der Waals surface area contributed by atoms with Crippen molar-refractivity contribution in [3.63, 3.8) is 0 Å². The van der Waals surface area contributed by atoms with E-state index in [-0.39, 0.29) is 6.10 Å². The molecule has 2 N–H and O–H groups in total. The van der Waals surface area contributed by atoms with Crippen LogP contribution in [0.4, 0.5) is 5.82 Å². The Morgan fingerprint density at radius 3 is 2.81 bits per heavy atom. The van der Waals surface area contributed by atoms with E-state index < -0.39 is 0 Å². The minimum atomic E-state index is -0.112. The Morgan fingerprint density at radius 1 is 1.12 bits per heavy atom. The highest BCUT2D eigenvalue weighted by Crippen LogP contribution is 2.28. The van der Waals surface area contributed by atoms with Gasteiger partial charge >= 0.3 is 0 Å². The summed E-state index contributed by atoms with van der Waals surface area (Å²) in [6, 6.07) is 9.99. The van der Waals surface area contributed by atoms with E-state index in [9.17, 15) is 5.11 Å². The van der Waals surface area contributed by atoms with Crippen molar-refractivity contribution < 1.29 is 5.11 Å². The molecule has 0 spiro atoms. The highest BCUT2D eigenvalue weighted by molar-refractivity contribution is 5.87. The molecule has 136 valence electrons. The number of para-hydroxylation sites is 1. The summed E-state index contributed by atoms with van der Waals surface area (Å²) >= 11 is 0. The molecular weight excluding hydrogens is 326 g/mol. The fraction of sp³-hybridized carbons (Fsp3) is 0.450. The molecule has 3 aromatic rings. The van der Waals surface area contributed by atoms with Crippen LogP contribution >= 0.6 is 0 Å². The number of nitrogens with zero attached hydrogens (tertiary/aromatic N) is 4. The van der Waals surface area contributed by atoms with Gasteiger partial charge in [0.1, 0.15) is 12.1 Å². The lowest BCUT2D eigenvalue weighted by Gasteiger charge is -2.27. The van der Waals surface area contributed by atoms with Crippen LogP contribution in [0.3, 0.4) is 0 Å². The van der Waals surface area contributed by atoms with E-state index in [1.54, 1.807) is 6.33 Å². The monoisotopic (exact) mass is 351 g/mol. The summed E-state index contributed by atoms with van der Waals surface area (Å²) in [5, 5.41) is 18.9. The smallest absolute Gasteiger partial charge is 0.168 e. The van der Waals surface area contributed by atoms with E-state index in [1.807, 2.05) is 41.2 Å². The maximum atomic E-state index is 10.1. The van der Waals surface area contributed by atoms with E-state index in [0.29, 0.717) is 5.92 Å². The van der Waals surface area contributed by atoms with Gasteiger partial charge in [-0.2, -0.15) is 5.10 Å². The quantitative estimate of drug-likeness (QED) is 0.664. The lowest BCUT2D eigenvalue weighted by Crippen LogP contribution is -2.24. The summed E-state index contributed by atoms with van der Waals surface area (Å²) in [4.78, 5) is 8.79. The number of nitrogens with one attached hydrogen (secondary N) is 1. The van der Waals surface area contributed by atoms with Gasteiger partial charge in [0.2, 0.25) is 0 Å². The number of benzene rings is 1. The number of aliphatic hydroxyl groups is 1. The first-order valence-corrected chi connectivity index (χ1v) is 9.49. The van der Waals surface area contributed by atoms with Crippen LogP contribution in [0.15, 0.2) is 42.9 Å². The first kappa shape index (κ1) is 17.0. The van der Waals surface area contributed by atoms with Gasteiger partial charge in [0.25, 0.3) is 0 Å². The second kappa shape index (κ2) is 7.83. The average Bonchev–Trinajstić information content (AvgIpc) is 3.12. The maximum Gasteiger partial charge on any atom is 0.168 e. The molecule has 0 saturated heterocycles. The van der Waals surface area contributed by atoms with E-state index in [4.69, 9.17) is 0 Å². The van der Waals surface area contributed by atoms with Crippen LogP contribution in [0, 0.1) is 5.92 Å². The lowest BCUT2D eigenvalue weighted by atomic mass is 9.83. The molecule has 1 saturated carbocycles. The van der Waals surface area contributed by atoms with Crippen LogP contribution in [0.25, 0.3) is 16.7 Å². The number of aromatic nitrogens is 4. The van der Waals surface area contributed by atoms with Crippen LogP contribution in [0.5, 0.6) is 0 Å². The standard InChI is InChI=1S/C20H25N5O/c26-18-11-5-4-7-15(18)8-6-12-21-19-17-13-24-25(20(17)23-14-22-19)16-9-2-1-3-10-16/h1-3,9-10,13-15,18,26H,4-8,11-12H2,(H,21,22,23). The highest BCUT2D eigenvalue weighted by Gasteiger charge is 2.22. The molecule has 2 atom stereocenters. The minimum absolute atomic E-state index is 0.112. The zero-order valence-corrected chi connectivity index (χ0v) is 14.9. The predicted octanol–water partition coefficient (Wildman–Crippen LogP) is 3.56. The van der Waals surface area contributed by atoms with Crippen LogP contribution in [-0.4, -0.2) is 37.5 Å². The van der Waals surface area contributed by atoms with Gasteiger partial charge in [0.15, 0.2) is 5.65 Å². The van der Waals surface area contributed by atoms with Gasteiger partial charge < -0.3 is 10.4 Å². The normalized spacial score (nSPS) is 20.3. The van der Waals surface area contributed by atoms with Crippen LogP contribution in [0.2, 0.25) is 0 Å². The molecule has 6 heteroatoms. The Bertz CT molecular complexity index is 848. The van der Waals surface area contributed by atoms with Crippen LogP contribution in [0.1, 0.15) is 38.5 Å². The van der Waals surface area contributed by atoms with Gasteiger partial charge in [-0.1, -0.05) is 31.0 Å². The predicted molar refractivity (Wildman–Crippen MR) is 102 cm³/mol. The molecule has 1 aliphatic carbocycles. The summed E-state index contributed by atoms with van der Waals surface area (Å²) in [6.07, 6.45) is 9.91. The molecule has 2 heterocycles. The second-order valence-electron chi connectivity index (χ2n) is 7.03. The molecule has 2 aromatic heterocycles. The Balaban J connectivity index is 1.42. The molecule has 2 unspecified atom stereocenters. The Morgan fingerprint density at radius 2 is 1.96 bits per heavy atom. The molecule has 0 amide bonds. The summed E-state index contributed by atoms with van der Waals surface area (Å²) in [6.45, 7) is 0.839. The third-order valence-corrected chi connectivity index (χ3v) is 5.28. The van der Waals surface area contributed by atoms with Crippen molar-refractivity contribution in [2.45, 2.75) is 44.6 Å². The number of anilines is 1. The first-order valence-electron chi connectivity index (χ1n) is 9.49. The summed E-state index contributed by atoms with van der Waals surface area (Å²) in [5.41, 5.74) is 1.79. The second-order valence-corrected chi connectivity index (χ2v) is 7.03. The number of aliphatic hydroxyl groups excluding tert-OH is 1. The largest absolute Gasteiger partial charge is 0.393 e. The summed E-state index contributed by atoms with van der Waals surface area (Å²) in [5.74, 6) is 1.28. The van der Waals surface area contributed by atoms with E-state index in [2.05, 4.69) is 20.4 Å². The zero-order chi connectivity index (χ0) is 17.8. The minimum Gasteiger partial charge on any atom is -0.393 e. The molecule has 0 radical (unpaired) electrons. The van der Waals surface area contributed by atoms with Crippen molar-refractivity contribution >= 4 is 16.9 Å². The lowest BCUT2D eigenvalue weighted by molar-refractivity contribution is 0.0648. The third-order valence-electron chi connectivity index (χ3n) is 5.28. The summed E-state index contributed by atoms with van der Waals surface area (Å²) < 4.78 is 1.83.